The zero-order valence-corrected chi connectivity index (χ0v) is 20.1. The van der Waals surface area contributed by atoms with Crippen molar-refractivity contribution >= 4 is 28.9 Å². The normalized spacial score (nSPS) is 21.2. The number of nitrogens with one attached hydrogen (secondary N) is 1. The summed E-state index contributed by atoms with van der Waals surface area (Å²) < 4.78 is 6.03. The van der Waals surface area contributed by atoms with Crippen LogP contribution in [-0.2, 0) is 0 Å². The summed E-state index contributed by atoms with van der Waals surface area (Å²) >= 11 is 6.37. The molecule has 0 amide bonds. The number of aryl methyl sites for hydroxylation is 1. The summed E-state index contributed by atoms with van der Waals surface area (Å²) in [6.45, 7) is 4.80. The Bertz CT molecular complexity index is 1230. The smallest absolute Gasteiger partial charge is 0.213 e. The average molecular weight is 475 g/mol. The van der Waals surface area contributed by atoms with Gasteiger partial charge in [-0.1, -0.05) is 11.6 Å². The van der Waals surface area contributed by atoms with Crippen molar-refractivity contribution in [2.45, 2.75) is 51.6 Å². The molecule has 2 unspecified atom stereocenters. The Labute approximate surface area is 204 Å². The van der Waals surface area contributed by atoms with Gasteiger partial charge >= 0.3 is 0 Å². The van der Waals surface area contributed by atoms with E-state index in [4.69, 9.17) is 21.6 Å². The van der Waals surface area contributed by atoms with Crippen molar-refractivity contribution in [3.63, 3.8) is 0 Å². The molecule has 1 N–H and O–H groups in total. The van der Waals surface area contributed by atoms with Crippen LogP contribution in [0.3, 0.4) is 0 Å². The standard InChI is InChI=1S/C26H27ClN6O/c1-16-7-8-29-24(9-16)34-14-19-10-20-4-5-21(11-19)33(20)26-17(2)25(30-15-31-26)32-23-6-3-18(13-28)12-22(23)27/h3,6-9,12,15,19-21H,4-5,10-11,14H2,1-2H3,(H,30,31,32). The summed E-state index contributed by atoms with van der Waals surface area (Å²) in [6, 6.07) is 12.2. The van der Waals surface area contributed by atoms with Gasteiger partial charge in [-0.15, -0.1) is 0 Å². The molecule has 5 rings (SSSR count). The van der Waals surface area contributed by atoms with Crippen molar-refractivity contribution in [3.05, 3.63) is 64.6 Å². The lowest BCUT2D eigenvalue weighted by Gasteiger charge is -2.40. The molecule has 2 fully saturated rings. The molecule has 0 radical (unpaired) electrons. The number of hydrogen-bond acceptors (Lipinski definition) is 7. The third-order valence-corrected chi connectivity index (χ3v) is 7.15. The Balaban J connectivity index is 1.30. The summed E-state index contributed by atoms with van der Waals surface area (Å²) in [7, 11) is 0. The number of halogens is 1. The lowest BCUT2D eigenvalue weighted by atomic mass is 9.91. The summed E-state index contributed by atoms with van der Waals surface area (Å²) in [6.07, 6.45) is 7.90. The van der Waals surface area contributed by atoms with Crippen molar-refractivity contribution < 1.29 is 4.74 Å². The van der Waals surface area contributed by atoms with Gasteiger partial charge < -0.3 is 15.0 Å². The van der Waals surface area contributed by atoms with Crippen molar-refractivity contribution in [1.82, 2.24) is 15.0 Å². The molecule has 8 heteroatoms. The Hall–Kier alpha value is -3.37. The van der Waals surface area contributed by atoms with E-state index in [1.807, 2.05) is 19.1 Å². The number of rotatable bonds is 6. The van der Waals surface area contributed by atoms with Crippen LogP contribution in [-0.4, -0.2) is 33.6 Å². The molecule has 0 aliphatic carbocycles. The van der Waals surface area contributed by atoms with Crippen molar-refractivity contribution in [2.75, 3.05) is 16.8 Å². The molecule has 0 saturated carbocycles. The number of anilines is 3. The van der Waals surface area contributed by atoms with Crippen LogP contribution >= 0.6 is 11.6 Å². The van der Waals surface area contributed by atoms with Gasteiger partial charge in [0, 0.05) is 29.9 Å². The van der Waals surface area contributed by atoms with E-state index in [2.05, 4.69) is 38.2 Å². The molecule has 174 valence electrons. The molecule has 4 heterocycles. The molecule has 7 nitrogen and oxygen atoms in total. The molecule has 2 aliphatic heterocycles. The first-order chi connectivity index (χ1) is 16.5. The Morgan fingerprint density at radius 1 is 1.12 bits per heavy atom. The average Bonchev–Trinajstić information content (AvgIpc) is 3.09. The van der Waals surface area contributed by atoms with Gasteiger partial charge in [0.1, 0.15) is 18.0 Å². The zero-order valence-electron chi connectivity index (χ0n) is 19.3. The number of hydrogen-bond donors (Lipinski definition) is 1. The predicted octanol–water partition coefficient (Wildman–Crippen LogP) is 5.58. The van der Waals surface area contributed by atoms with Crippen LogP contribution in [0.4, 0.5) is 17.3 Å². The topological polar surface area (TPSA) is 87.0 Å². The second-order valence-electron chi connectivity index (χ2n) is 9.21. The van der Waals surface area contributed by atoms with Crippen molar-refractivity contribution in [2.24, 2.45) is 5.92 Å². The first kappa shape index (κ1) is 22.4. The van der Waals surface area contributed by atoms with Gasteiger partial charge in [-0.05, 0) is 75.3 Å². The summed E-state index contributed by atoms with van der Waals surface area (Å²) in [5.41, 5.74) is 3.40. The SMILES string of the molecule is Cc1ccnc(OCC2CC3CCC(C2)N3c2ncnc(Nc3ccc(C#N)cc3Cl)c2C)c1. The number of benzene rings is 1. The maximum Gasteiger partial charge on any atom is 0.213 e. The highest BCUT2D eigenvalue weighted by Gasteiger charge is 2.42. The number of aromatic nitrogens is 3. The summed E-state index contributed by atoms with van der Waals surface area (Å²) in [5.74, 6) is 2.92. The third kappa shape index (κ3) is 4.51. The highest BCUT2D eigenvalue weighted by molar-refractivity contribution is 6.33. The molecule has 2 aromatic heterocycles. The Kier molecular flexibility index (Phi) is 6.25. The van der Waals surface area contributed by atoms with Gasteiger partial charge in [-0.3, -0.25) is 0 Å². The van der Waals surface area contributed by atoms with Crippen LogP contribution < -0.4 is 15.0 Å². The summed E-state index contributed by atoms with van der Waals surface area (Å²) in [4.78, 5) is 16.0. The van der Waals surface area contributed by atoms with E-state index in [0.717, 1.165) is 54.1 Å². The minimum absolute atomic E-state index is 0.442. The van der Waals surface area contributed by atoms with E-state index < -0.39 is 0 Å². The molecule has 2 saturated heterocycles. The van der Waals surface area contributed by atoms with Crippen molar-refractivity contribution in [3.8, 4) is 11.9 Å². The van der Waals surface area contributed by atoms with E-state index in [9.17, 15) is 0 Å². The molecule has 34 heavy (non-hydrogen) atoms. The van der Waals surface area contributed by atoms with Crippen molar-refractivity contribution in [1.29, 1.82) is 5.26 Å². The zero-order chi connectivity index (χ0) is 23.7. The quantitative estimate of drug-likeness (QED) is 0.498. The molecular formula is C26H27ClN6O. The minimum atomic E-state index is 0.442. The Morgan fingerprint density at radius 2 is 1.91 bits per heavy atom. The molecule has 2 atom stereocenters. The highest BCUT2D eigenvalue weighted by atomic mass is 35.5. The van der Waals surface area contributed by atoms with Crippen LogP contribution in [0.1, 0.15) is 42.4 Å². The van der Waals surface area contributed by atoms with Gasteiger partial charge in [0.15, 0.2) is 0 Å². The maximum atomic E-state index is 9.08. The number of fused-ring (bicyclic) bond motifs is 2. The molecular weight excluding hydrogens is 448 g/mol. The maximum absolute atomic E-state index is 9.08. The molecule has 2 bridgehead atoms. The largest absolute Gasteiger partial charge is 0.477 e. The van der Waals surface area contributed by atoms with E-state index in [1.54, 1.807) is 30.7 Å². The lowest BCUT2D eigenvalue weighted by molar-refractivity contribution is 0.198. The second kappa shape index (κ2) is 9.47. The molecule has 2 aliphatic rings. The fraction of sp³-hybridized carbons (Fsp3) is 0.385. The summed E-state index contributed by atoms with van der Waals surface area (Å²) in [5, 5.41) is 12.9. The number of ether oxygens (including phenoxy) is 1. The van der Waals surface area contributed by atoms with E-state index in [-0.39, 0.29) is 0 Å². The first-order valence-corrected chi connectivity index (χ1v) is 12.0. The van der Waals surface area contributed by atoms with Crippen LogP contribution in [0.2, 0.25) is 5.02 Å². The third-order valence-electron chi connectivity index (χ3n) is 6.84. The number of pyridine rings is 1. The van der Waals surface area contributed by atoms with Gasteiger partial charge in [0.2, 0.25) is 5.88 Å². The minimum Gasteiger partial charge on any atom is -0.477 e. The van der Waals surface area contributed by atoms with Gasteiger partial charge in [-0.2, -0.15) is 5.26 Å². The number of nitriles is 1. The highest BCUT2D eigenvalue weighted by Crippen LogP contribution is 2.43. The van der Waals surface area contributed by atoms with Gasteiger partial charge in [0.05, 0.1) is 28.9 Å². The predicted molar refractivity (Wildman–Crippen MR) is 133 cm³/mol. The van der Waals surface area contributed by atoms with E-state index in [0.29, 0.717) is 41.1 Å². The van der Waals surface area contributed by atoms with Gasteiger partial charge in [-0.25, -0.2) is 15.0 Å². The second-order valence-corrected chi connectivity index (χ2v) is 9.62. The number of piperidine rings is 1. The monoisotopic (exact) mass is 474 g/mol. The van der Waals surface area contributed by atoms with Crippen LogP contribution in [0.15, 0.2) is 42.9 Å². The van der Waals surface area contributed by atoms with Crippen LogP contribution in [0.25, 0.3) is 0 Å². The Morgan fingerprint density at radius 3 is 2.62 bits per heavy atom. The van der Waals surface area contributed by atoms with Gasteiger partial charge in [0.25, 0.3) is 0 Å². The van der Waals surface area contributed by atoms with Crippen LogP contribution in [0, 0.1) is 31.1 Å². The van der Waals surface area contributed by atoms with Crippen LogP contribution in [0.5, 0.6) is 5.88 Å². The molecule has 1 aromatic carbocycles. The van der Waals surface area contributed by atoms with E-state index in [1.165, 1.54) is 0 Å². The fourth-order valence-electron chi connectivity index (χ4n) is 5.20. The fourth-order valence-corrected chi connectivity index (χ4v) is 5.43. The molecule has 0 spiro atoms. The first-order valence-electron chi connectivity index (χ1n) is 11.6. The van der Waals surface area contributed by atoms with E-state index >= 15 is 0 Å². The molecule has 3 aromatic rings. The number of nitrogens with zero attached hydrogens (tertiary/aromatic N) is 5. The lowest BCUT2D eigenvalue weighted by Crippen LogP contribution is -2.45.